The maximum atomic E-state index is 6.75. The van der Waals surface area contributed by atoms with E-state index in [1.54, 1.807) is 26.6 Å². The maximum absolute atomic E-state index is 6.75. The molecule has 0 radical (unpaired) electrons. The van der Waals surface area contributed by atoms with E-state index in [0.29, 0.717) is 11.6 Å². The van der Waals surface area contributed by atoms with Crippen LogP contribution in [-0.2, 0) is 12.0 Å². The smallest absolute Gasteiger partial charge is 0.237 e. The zero-order valence-corrected chi connectivity index (χ0v) is 12.3. The monoisotopic (exact) mass is 285 g/mol. The molecule has 2 N–H and O–H groups in total. The molecule has 1 aliphatic rings. The van der Waals surface area contributed by atoms with E-state index in [-0.39, 0.29) is 0 Å². The average molecular weight is 285 g/mol. The molecule has 0 aliphatic heterocycles. The van der Waals surface area contributed by atoms with Gasteiger partial charge < -0.3 is 15.2 Å². The molecule has 21 heavy (non-hydrogen) atoms. The van der Waals surface area contributed by atoms with Crippen LogP contribution in [0.1, 0.15) is 29.7 Å². The number of hydrogen-bond donors (Lipinski definition) is 1. The molecule has 0 spiro atoms. The summed E-state index contributed by atoms with van der Waals surface area (Å²) in [5.74, 6) is 1.28. The van der Waals surface area contributed by atoms with Crippen LogP contribution in [0.4, 0.5) is 0 Å². The molecule has 0 saturated heterocycles. The van der Waals surface area contributed by atoms with E-state index in [1.165, 1.54) is 5.56 Å². The van der Waals surface area contributed by atoms with E-state index in [2.05, 4.69) is 16.0 Å². The zero-order valence-electron chi connectivity index (χ0n) is 12.3. The number of rotatable bonds is 3. The third-order valence-electron chi connectivity index (χ3n) is 4.10. The first-order chi connectivity index (χ1) is 10.2. The molecule has 0 amide bonds. The molecule has 3 rings (SSSR count). The summed E-state index contributed by atoms with van der Waals surface area (Å²) < 4.78 is 10.7. The summed E-state index contributed by atoms with van der Waals surface area (Å²) >= 11 is 0. The minimum atomic E-state index is -0.693. The highest BCUT2D eigenvalue weighted by atomic mass is 16.5. The second-order valence-corrected chi connectivity index (χ2v) is 5.26. The number of methoxy groups -OCH3 is 2. The quantitative estimate of drug-likeness (QED) is 0.934. The summed E-state index contributed by atoms with van der Waals surface area (Å²) in [7, 11) is 3.25. The van der Waals surface area contributed by atoms with Crippen LogP contribution in [0.15, 0.2) is 30.6 Å². The second kappa shape index (κ2) is 5.33. The summed E-state index contributed by atoms with van der Waals surface area (Å²) in [5.41, 5.74) is 9.02. The Morgan fingerprint density at radius 1 is 1.14 bits per heavy atom. The lowest BCUT2D eigenvalue weighted by Crippen LogP contribution is -2.42. The molecule has 5 heteroatoms. The van der Waals surface area contributed by atoms with E-state index in [0.717, 1.165) is 30.6 Å². The Balaban J connectivity index is 2.19. The summed E-state index contributed by atoms with van der Waals surface area (Å²) in [4.78, 5) is 8.68. The van der Waals surface area contributed by atoms with Gasteiger partial charge in [-0.2, -0.15) is 0 Å². The van der Waals surface area contributed by atoms with Gasteiger partial charge in [-0.05, 0) is 42.5 Å². The molecular weight excluding hydrogens is 266 g/mol. The lowest BCUT2D eigenvalue weighted by atomic mass is 9.75. The van der Waals surface area contributed by atoms with Crippen molar-refractivity contribution >= 4 is 0 Å². The van der Waals surface area contributed by atoms with E-state index >= 15 is 0 Å². The van der Waals surface area contributed by atoms with Gasteiger partial charge in [0, 0.05) is 12.4 Å². The number of fused-ring (bicyclic) bond motifs is 1. The van der Waals surface area contributed by atoms with Gasteiger partial charge in [-0.25, -0.2) is 4.98 Å². The number of aryl methyl sites for hydroxylation is 1. The number of nitrogens with two attached hydrogens (primary N) is 1. The number of benzene rings is 1. The minimum Gasteiger partial charge on any atom is -0.497 e. The van der Waals surface area contributed by atoms with E-state index in [4.69, 9.17) is 15.2 Å². The number of aromatic nitrogens is 2. The molecule has 1 unspecified atom stereocenters. The topological polar surface area (TPSA) is 70.3 Å². The number of nitrogens with zero attached hydrogens (tertiary/aromatic N) is 2. The summed E-state index contributed by atoms with van der Waals surface area (Å²) in [6.45, 7) is 0. The SMILES string of the molecule is COc1ccc2c(c1)C(N)(c1nccnc1OC)CCC2. The van der Waals surface area contributed by atoms with Crippen molar-refractivity contribution in [2.24, 2.45) is 5.73 Å². The highest BCUT2D eigenvalue weighted by molar-refractivity contribution is 5.48. The van der Waals surface area contributed by atoms with Gasteiger partial charge in [0.05, 0.1) is 19.8 Å². The molecule has 2 aromatic rings. The summed E-state index contributed by atoms with van der Waals surface area (Å²) in [6, 6.07) is 6.05. The molecule has 1 aromatic heterocycles. The van der Waals surface area contributed by atoms with Gasteiger partial charge in [-0.1, -0.05) is 6.07 Å². The number of ether oxygens (including phenoxy) is 2. The molecule has 1 atom stereocenters. The third kappa shape index (κ3) is 2.23. The molecule has 1 aromatic carbocycles. The van der Waals surface area contributed by atoms with Crippen molar-refractivity contribution in [3.05, 3.63) is 47.4 Å². The molecule has 0 fully saturated rings. The predicted molar refractivity (Wildman–Crippen MR) is 79.5 cm³/mol. The van der Waals surface area contributed by atoms with Crippen LogP contribution in [-0.4, -0.2) is 24.2 Å². The van der Waals surface area contributed by atoms with E-state index in [9.17, 15) is 0 Å². The standard InChI is InChI=1S/C16H19N3O2/c1-20-12-6-5-11-4-3-7-16(17,13(11)10-12)14-15(21-2)19-9-8-18-14/h5-6,8-10H,3-4,7,17H2,1-2H3. The first kappa shape index (κ1) is 13.8. The maximum Gasteiger partial charge on any atom is 0.237 e. The lowest BCUT2D eigenvalue weighted by Gasteiger charge is -2.35. The highest BCUT2D eigenvalue weighted by Gasteiger charge is 2.38. The second-order valence-electron chi connectivity index (χ2n) is 5.26. The van der Waals surface area contributed by atoms with Crippen molar-refractivity contribution in [3.8, 4) is 11.6 Å². The van der Waals surface area contributed by atoms with Crippen molar-refractivity contribution in [1.82, 2.24) is 9.97 Å². The highest BCUT2D eigenvalue weighted by Crippen LogP contribution is 2.41. The fourth-order valence-electron chi connectivity index (χ4n) is 3.03. The Kier molecular flexibility index (Phi) is 3.51. The molecule has 0 bridgehead atoms. The fourth-order valence-corrected chi connectivity index (χ4v) is 3.03. The van der Waals surface area contributed by atoms with Crippen molar-refractivity contribution in [2.75, 3.05) is 14.2 Å². The van der Waals surface area contributed by atoms with Gasteiger partial charge in [-0.3, -0.25) is 4.98 Å². The van der Waals surface area contributed by atoms with Crippen LogP contribution in [0, 0.1) is 0 Å². The van der Waals surface area contributed by atoms with E-state index in [1.807, 2.05) is 12.1 Å². The molecular formula is C16H19N3O2. The lowest BCUT2D eigenvalue weighted by molar-refractivity contribution is 0.354. The normalized spacial score (nSPS) is 20.7. The van der Waals surface area contributed by atoms with Crippen LogP contribution in [0.3, 0.4) is 0 Å². The van der Waals surface area contributed by atoms with Crippen LogP contribution < -0.4 is 15.2 Å². The summed E-state index contributed by atoms with van der Waals surface area (Å²) in [6.07, 6.45) is 6.10. The van der Waals surface area contributed by atoms with Crippen molar-refractivity contribution < 1.29 is 9.47 Å². The van der Waals surface area contributed by atoms with Gasteiger partial charge in [-0.15, -0.1) is 0 Å². The van der Waals surface area contributed by atoms with Crippen LogP contribution >= 0.6 is 0 Å². The Morgan fingerprint density at radius 2 is 1.95 bits per heavy atom. The Labute approximate surface area is 124 Å². The van der Waals surface area contributed by atoms with Gasteiger partial charge in [0.25, 0.3) is 0 Å². The fraction of sp³-hybridized carbons (Fsp3) is 0.375. The van der Waals surface area contributed by atoms with Crippen LogP contribution in [0.25, 0.3) is 0 Å². The van der Waals surface area contributed by atoms with Gasteiger partial charge >= 0.3 is 0 Å². The first-order valence-electron chi connectivity index (χ1n) is 7.01. The van der Waals surface area contributed by atoms with Crippen molar-refractivity contribution in [3.63, 3.8) is 0 Å². The first-order valence-corrected chi connectivity index (χ1v) is 7.01. The van der Waals surface area contributed by atoms with Crippen LogP contribution in [0.2, 0.25) is 0 Å². The molecule has 0 saturated carbocycles. The minimum absolute atomic E-state index is 0.482. The Bertz CT molecular complexity index is 660. The molecule has 5 nitrogen and oxygen atoms in total. The molecule has 1 heterocycles. The van der Waals surface area contributed by atoms with E-state index < -0.39 is 5.54 Å². The molecule has 110 valence electrons. The summed E-state index contributed by atoms with van der Waals surface area (Å²) in [5, 5.41) is 0. The number of hydrogen-bond acceptors (Lipinski definition) is 5. The molecule has 1 aliphatic carbocycles. The largest absolute Gasteiger partial charge is 0.497 e. The average Bonchev–Trinajstić information content (AvgIpc) is 2.55. The van der Waals surface area contributed by atoms with Gasteiger partial charge in [0.15, 0.2) is 0 Å². The predicted octanol–water partition coefficient (Wildman–Crippen LogP) is 2.03. The van der Waals surface area contributed by atoms with Crippen molar-refractivity contribution in [1.29, 1.82) is 0 Å². The Morgan fingerprint density at radius 3 is 2.71 bits per heavy atom. The Hall–Kier alpha value is -2.14. The third-order valence-corrected chi connectivity index (χ3v) is 4.10. The van der Waals surface area contributed by atoms with Gasteiger partial charge in [0.1, 0.15) is 11.4 Å². The zero-order chi connectivity index (χ0) is 14.9. The van der Waals surface area contributed by atoms with Crippen molar-refractivity contribution in [2.45, 2.75) is 24.8 Å². The van der Waals surface area contributed by atoms with Gasteiger partial charge in [0.2, 0.25) is 5.88 Å². The van der Waals surface area contributed by atoms with Crippen LogP contribution in [0.5, 0.6) is 11.6 Å².